The molecule has 0 aliphatic carbocycles. The fourth-order valence-corrected chi connectivity index (χ4v) is 4.44. The molecule has 104 valence electrons. The van der Waals surface area contributed by atoms with E-state index in [-0.39, 0.29) is 0 Å². The molecule has 0 aliphatic rings. The predicted octanol–water partition coefficient (Wildman–Crippen LogP) is 5.23. The topological polar surface area (TPSA) is 37.8 Å². The zero-order valence-corrected chi connectivity index (χ0v) is 14.7. The molecule has 0 amide bonds. The lowest BCUT2D eigenvalue weighted by atomic mass is 10.2. The summed E-state index contributed by atoms with van der Waals surface area (Å²) in [5.41, 5.74) is 1.28. The van der Waals surface area contributed by atoms with Gasteiger partial charge in [-0.2, -0.15) is 0 Å². The van der Waals surface area contributed by atoms with Gasteiger partial charge in [-0.1, -0.05) is 0 Å². The average molecular weight is 368 g/mol. The smallest absolute Gasteiger partial charge is 0.173 e. The van der Waals surface area contributed by atoms with Crippen molar-refractivity contribution in [3.05, 3.63) is 26.4 Å². The summed E-state index contributed by atoms with van der Waals surface area (Å²) in [6.07, 6.45) is 0. The number of halogens is 1. The monoisotopic (exact) mass is 367 g/mol. The fraction of sp³-hybridized carbons (Fsp3) is 0.286. The maximum Gasteiger partial charge on any atom is 0.173 e. The molecule has 0 unspecified atom stereocenters. The van der Waals surface area contributed by atoms with Crippen LogP contribution in [0, 0.1) is 13.8 Å². The van der Waals surface area contributed by atoms with Crippen LogP contribution in [0.15, 0.2) is 15.9 Å². The maximum absolute atomic E-state index is 4.74. The molecule has 0 saturated carbocycles. The molecular weight excluding hydrogens is 354 g/mol. The van der Waals surface area contributed by atoms with E-state index in [1.165, 1.54) is 10.4 Å². The van der Waals surface area contributed by atoms with Crippen molar-refractivity contribution in [3.8, 4) is 10.7 Å². The Kier molecular flexibility index (Phi) is 3.79. The maximum atomic E-state index is 4.74. The molecule has 0 radical (unpaired) electrons. The molecule has 1 N–H and O–H groups in total. The summed E-state index contributed by atoms with van der Waals surface area (Å²) in [6.45, 7) is 7.22. The van der Waals surface area contributed by atoms with Crippen LogP contribution >= 0.6 is 38.6 Å². The first-order chi connectivity index (χ1) is 9.60. The van der Waals surface area contributed by atoms with Crippen molar-refractivity contribution in [2.45, 2.75) is 20.8 Å². The number of fused-ring (bicyclic) bond motifs is 1. The van der Waals surface area contributed by atoms with Crippen molar-refractivity contribution >= 4 is 54.6 Å². The number of thiophene rings is 2. The summed E-state index contributed by atoms with van der Waals surface area (Å²) in [4.78, 5) is 12.9. The van der Waals surface area contributed by atoms with Gasteiger partial charge in [-0.15, -0.1) is 22.7 Å². The fourth-order valence-electron chi connectivity index (χ4n) is 2.09. The molecule has 3 heterocycles. The van der Waals surface area contributed by atoms with Gasteiger partial charge in [-0.3, -0.25) is 0 Å². The largest absolute Gasteiger partial charge is 0.370 e. The van der Waals surface area contributed by atoms with E-state index < -0.39 is 0 Å². The minimum atomic E-state index is 0.797. The van der Waals surface area contributed by atoms with E-state index in [2.05, 4.69) is 48.1 Å². The highest BCUT2D eigenvalue weighted by molar-refractivity contribution is 9.11. The summed E-state index contributed by atoms with van der Waals surface area (Å²) in [6, 6.07) is 4.09. The number of hydrogen-bond donors (Lipinski definition) is 1. The number of hydrogen-bond acceptors (Lipinski definition) is 5. The van der Waals surface area contributed by atoms with Crippen molar-refractivity contribution in [1.82, 2.24) is 9.97 Å². The van der Waals surface area contributed by atoms with Gasteiger partial charge in [0.1, 0.15) is 10.6 Å². The molecule has 3 aromatic rings. The normalized spacial score (nSPS) is 11.2. The summed E-state index contributed by atoms with van der Waals surface area (Å²) in [5, 5.41) is 4.53. The third-order valence-corrected chi connectivity index (χ3v) is 5.89. The van der Waals surface area contributed by atoms with E-state index in [1.54, 1.807) is 22.7 Å². The Morgan fingerprint density at radius 2 is 2.00 bits per heavy atom. The van der Waals surface area contributed by atoms with E-state index in [1.807, 2.05) is 6.07 Å². The number of aryl methyl sites for hydroxylation is 2. The summed E-state index contributed by atoms with van der Waals surface area (Å²) in [5.74, 6) is 1.74. The van der Waals surface area contributed by atoms with Gasteiger partial charge in [-0.25, -0.2) is 9.97 Å². The molecular formula is C14H14BrN3S2. The molecule has 3 aromatic heterocycles. The van der Waals surface area contributed by atoms with E-state index >= 15 is 0 Å². The number of rotatable bonds is 3. The SMILES string of the molecule is CCNc1nc(-c2ccc(Br)s2)nc2sc(C)c(C)c12. The second-order valence-electron chi connectivity index (χ2n) is 4.49. The molecule has 0 spiro atoms. The van der Waals surface area contributed by atoms with E-state index in [0.717, 1.165) is 37.1 Å². The number of nitrogens with one attached hydrogen (secondary N) is 1. The first kappa shape index (κ1) is 14.0. The van der Waals surface area contributed by atoms with Gasteiger partial charge < -0.3 is 5.32 Å². The van der Waals surface area contributed by atoms with Crippen LogP contribution < -0.4 is 5.32 Å². The Morgan fingerprint density at radius 1 is 1.20 bits per heavy atom. The molecule has 6 heteroatoms. The zero-order chi connectivity index (χ0) is 14.3. The molecule has 0 bridgehead atoms. The van der Waals surface area contributed by atoms with Crippen LogP contribution in [0.1, 0.15) is 17.4 Å². The Bertz CT molecular complexity index is 776. The van der Waals surface area contributed by atoms with Gasteiger partial charge in [0.15, 0.2) is 5.82 Å². The first-order valence-electron chi connectivity index (χ1n) is 6.37. The van der Waals surface area contributed by atoms with Gasteiger partial charge in [-0.05, 0) is 54.4 Å². The lowest BCUT2D eigenvalue weighted by Gasteiger charge is -2.07. The molecule has 0 fully saturated rings. The molecule has 0 aliphatic heterocycles. The van der Waals surface area contributed by atoms with Gasteiger partial charge in [0.05, 0.1) is 14.0 Å². The Balaban J connectivity index is 2.25. The van der Waals surface area contributed by atoms with Gasteiger partial charge in [0, 0.05) is 11.4 Å². The highest BCUT2D eigenvalue weighted by Gasteiger charge is 2.15. The Hall–Kier alpha value is -0.980. The van der Waals surface area contributed by atoms with E-state index in [0.29, 0.717) is 0 Å². The molecule has 3 nitrogen and oxygen atoms in total. The quantitative estimate of drug-likeness (QED) is 0.688. The zero-order valence-electron chi connectivity index (χ0n) is 11.5. The Morgan fingerprint density at radius 3 is 2.65 bits per heavy atom. The van der Waals surface area contributed by atoms with Crippen molar-refractivity contribution < 1.29 is 0 Å². The minimum absolute atomic E-state index is 0.797. The highest BCUT2D eigenvalue weighted by Crippen LogP contribution is 2.36. The van der Waals surface area contributed by atoms with Crippen LogP contribution in [0.4, 0.5) is 5.82 Å². The van der Waals surface area contributed by atoms with Gasteiger partial charge in [0.25, 0.3) is 0 Å². The number of anilines is 1. The second-order valence-corrected chi connectivity index (χ2v) is 8.16. The second kappa shape index (κ2) is 5.42. The summed E-state index contributed by atoms with van der Waals surface area (Å²) < 4.78 is 1.10. The predicted molar refractivity (Wildman–Crippen MR) is 92.1 cm³/mol. The molecule has 0 atom stereocenters. The van der Waals surface area contributed by atoms with Crippen LogP contribution in [0.25, 0.3) is 20.9 Å². The van der Waals surface area contributed by atoms with Crippen LogP contribution in [0.2, 0.25) is 0 Å². The standard InChI is InChI=1S/C14H14BrN3S2/c1-4-16-13-11-7(2)8(3)19-14(11)18-12(17-13)9-5-6-10(15)20-9/h5-6H,4H2,1-3H3,(H,16,17,18). The van der Waals surface area contributed by atoms with Crippen molar-refractivity contribution in [1.29, 1.82) is 0 Å². The van der Waals surface area contributed by atoms with Crippen LogP contribution in [-0.4, -0.2) is 16.5 Å². The molecule has 0 aromatic carbocycles. The van der Waals surface area contributed by atoms with Crippen molar-refractivity contribution in [3.63, 3.8) is 0 Å². The van der Waals surface area contributed by atoms with Gasteiger partial charge in [0.2, 0.25) is 0 Å². The highest BCUT2D eigenvalue weighted by atomic mass is 79.9. The lowest BCUT2D eigenvalue weighted by molar-refractivity contribution is 1.15. The van der Waals surface area contributed by atoms with Crippen LogP contribution in [0.5, 0.6) is 0 Å². The van der Waals surface area contributed by atoms with E-state index in [4.69, 9.17) is 9.97 Å². The first-order valence-corrected chi connectivity index (χ1v) is 8.80. The number of nitrogens with zero attached hydrogens (tertiary/aromatic N) is 2. The third kappa shape index (κ3) is 2.36. The Labute approximate surface area is 134 Å². The average Bonchev–Trinajstić information content (AvgIpc) is 2.95. The van der Waals surface area contributed by atoms with Crippen LogP contribution in [0.3, 0.4) is 0 Å². The summed E-state index contributed by atoms with van der Waals surface area (Å²) in [7, 11) is 0. The third-order valence-electron chi connectivity index (χ3n) is 3.17. The van der Waals surface area contributed by atoms with Crippen molar-refractivity contribution in [2.75, 3.05) is 11.9 Å². The summed E-state index contributed by atoms with van der Waals surface area (Å²) >= 11 is 6.89. The van der Waals surface area contributed by atoms with Crippen LogP contribution in [-0.2, 0) is 0 Å². The number of aromatic nitrogens is 2. The van der Waals surface area contributed by atoms with Crippen molar-refractivity contribution in [2.24, 2.45) is 0 Å². The molecule has 0 saturated heterocycles. The van der Waals surface area contributed by atoms with Gasteiger partial charge >= 0.3 is 0 Å². The minimum Gasteiger partial charge on any atom is -0.370 e. The molecule has 20 heavy (non-hydrogen) atoms. The van der Waals surface area contributed by atoms with E-state index in [9.17, 15) is 0 Å². The lowest BCUT2D eigenvalue weighted by Crippen LogP contribution is -2.02. The molecule has 3 rings (SSSR count).